The third-order valence-electron chi connectivity index (χ3n) is 5.81. The van der Waals surface area contributed by atoms with E-state index in [2.05, 4.69) is 5.32 Å². The van der Waals surface area contributed by atoms with E-state index in [4.69, 9.17) is 14.2 Å². The molecule has 10 heteroatoms. The van der Waals surface area contributed by atoms with Gasteiger partial charge in [-0.05, 0) is 71.9 Å². The fourth-order valence-electron chi connectivity index (χ4n) is 4.05. The summed E-state index contributed by atoms with van der Waals surface area (Å²) in [7, 11) is -4.12. The second kappa shape index (κ2) is 10.1. The van der Waals surface area contributed by atoms with E-state index in [0.717, 1.165) is 4.57 Å². The van der Waals surface area contributed by atoms with Gasteiger partial charge in [-0.2, -0.15) is 0 Å². The average molecular weight is 543 g/mol. The van der Waals surface area contributed by atoms with Gasteiger partial charge in [0.25, 0.3) is 0 Å². The molecule has 0 radical (unpaired) electrons. The number of nitrogens with one attached hydrogen (secondary N) is 1. The molecule has 1 aliphatic heterocycles. The molecule has 38 heavy (non-hydrogen) atoms. The highest BCUT2D eigenvalue weighted by Crippen LogP contribution is 2.35. The molecule has 1 aliphatic rings. The van der Waals surface area contributed by atoms with Crippen molar-refractivity contribution in [2.75, 3.05) is 13.1 Å². The lowest BCUT2D eigenvalue weighted by molar-refractivity contribution is -0.167. The van der Waals surface area contributed by atoms with Crippen molar-refractivity contribution in [3.8, 4) is 5.75 Å². The number of hydrogen-bond acceptors (Lipinski definition) is 8. The van der Waals surface area contributed by atoms with Gasteiger partial charge in [-0.25, -0.2) is 22.6 Å². The number of nitrogens with zero attached hydrogens (tertiary/aromatic N) is 1. The molecule has 1 atom stereocenters. The van der Waals surface area contributed by atoms with E-state index < -0.39 is 39.2 Å². The van der Waals surface area contributed by atoms with Gasteiger partial charge in [0.05, 0.1) is 10.4 Å². The van der Waals surface area contributed by atoms with Crippen LogP contribution in [0.3, 0.4) is 0 Å². The maximum absolute atomic E-state index is 13.7. The standard InChI is InChI=1S/C28H34N2O7S/c1-27(2,3)36-25(31)24(18-16-29-17-18)35-22-14-10-13-21-20(22)15-23(30(21)26(32)37-28(4,5)6)38(33,34)19-11-8-7-9-12-19/h7-15,18,24,29H,16-17H2,1-6H3. The first-order valence-corrected chi connectivity index (χ1v) is 13.9. The van der Waals surface area contributed by atoms with E-state index in [1.165, 1.54) is 18.2 Å². The quantitative estimate of drug-likeness (QED) is 0.451. The van der Waals surface area contributed by atoms with Gasteiger partial charge in [-0.3, -0.25) is 0 Å². The molecule has 0 bridgehead atoms. The van der Waals surface area contributed by atoms with E-state index in [1.54, 1.807) is 77.9 Å². The van der Waals surface area contributed by atoms with Gasteiger partial charge in [-0.1, -0.05) is 24.3 Å². The summed E-state index contributed by atoms with van der Waals surface area (Å²) < 4.78 is 45.9. The monoisotopic (exact) mass is 542 g/mol. The Morgan fingerprint density at radius 2 is 1.55 bits per heavy atom. The number of ether oxygens (including phenoxy) is 3. The zero-order valence-electron chi connectivity index (χ0n) is 22.5. The highest BCUT2D eigenvalue weighted by molar-refractivity contribution is 7.91. The smallest absolute Gasteiger partial charge is 0.420 e. The fraction of sp³-hybridized carbons (Fsp3) is 0.429. The van der Waals surface area contributed by atoms with Crippen molar-refractivity contribution in [2.24, 2.45) is 5.92 Å². The maximum atomic E-state index is 13.7. The summed E-state index contributed by atoms with van der Waals surface area (Å²) in [5.74, 6) is -0.373. The van der Waals surface area contributed by atoms with Crippen LogP contribution in [0.5, 0.6) is 5.75 Å². The normalized spacial score (nSPS) is 15.5. The van der Waals surface area contributed by atoms with Crippen LogP contribution >= 0.6 is 0 Å². The Bertz CT molecular complexity index is 1440. The van der Waals surface area contributed by atoms with E-state index in [9.17, 15) is 18.0 Å². The Balaban J connectivity index is 1.86. The second-order valence-electron chi connectivity index (χ2n) is 11.3. The van der Waals surface area contributed by atoms with Crippen LogP contribution in [-0.2, 0) is 24.1 Å². The van der Waals surface area contributed by atoms with Gasteiger partial charge in [0.1, 0.15) is 17.0 Å². The van der Waals surface area contributed by atoms with E-state index in [0.29, 0.717) is 18.5 Å². The van der Waals surface area contributed by atoms with E-state index >= 15 is 0 Å². The lowest BCUT2D eigenvalue weighted by atomic mass is 9.96. The van der Waals surface area contributed by atoms with Crippen molar-refractivity contribution >= 4 is 32.8 Å². The molecule has 1 aromatic heterocycles. The van der Waals surface area contributed by atoms with Crippen LogP contribution < -0.4 is 10.1 Å². The third kappa shape index (κ3) is 5.86. The number of sulfone groups is 1. The fourth-order valence-corrected chi connectivity index (χ4v) is 5.50. The molecular formula is C28H34N2O7S. The third-order valence-corrected chi connectivity index (χ3v) is 7.56. The Morgan fingerprint density at radius 1 is 0.921 bits per heavy atom. The Hall–Kier alpha value is -3.37. The highest BCUT2D eigenvalue weighted by atomic mass is 32.2. The zero-order valence-corrected chi connectivity index (χ0v) is 23.3. The summed E-state index contributed by atoms with van der Waals surface area (Å²) in [5.41, 5.74) is -1.30. The Labute approximate surface area is 223 Å². The van der Waals surface area contributed by atoms with Gasteiger partial charge in [0.15, 0.2) is 5.03 Å². The number of hydrogen-bond donors (Lipinski definition) is 1. The lowest BCUT2D eigenvalue weighted by Gasteiger charge is -2.35. The van der Waals surface area contributed by atoms with Crippen LogP contribution in [0.25, 0.3) is 10.9 Å². The molecule has 2 aromatic carbocycles. The number of rotatable bonds is 6. The number of fused-ring (bicyclic) bond motifs is 1. The minimum absolute atomic E-state index is 0.0299. The molecule has 1 fully saturated rings. The molecule has 1 saturated heterocycles. The van der Waals surface area contributed by atoms with Crippen LogP contribution in [0.1, 0.15) is 41.5 Å². The van der Waals surface area contributed by atoms with Crippen LogP contribution in [0.15, 0.2) is 64.5 Å². The predicted octanol–water partition coefficient (Wildman–Crippen LogP) is 4.57. The van der Waals surface area contributed by atoms with Gasteiger partial charge >= 0.3 is 12.1 Å². The number of aromatic nitrogens is 1. The van der Waals surface area contributed by atoms with Crippen LogP contribution in [0.2, 0.25) is 0 Å². The summed E-state index contributed by atoms with van der Waals surface area (Å²) in [6.07, 6.45) is -1.76. The Morgan fingerprint density at radius 3 is 2.11 bits per heavy atom. The minimum atomic E-state index is -4.12. The number of esters is 1. The lowest BCUT2D eigenvalue weighted by Crippen LogP contribution is -2.54. The van der Waals surface area contributed by atoms with Crippen molar-refractivity contribution in [3.05, 3.63) is 54.6 Å². The van der Waals surface area contributed by atoms with Gasteiger partial charge in [-0.15, -0.1) is 0 Å². The minimum Gasteiger partial charge on any atom is -0.478 e. The topological polar surface area (TPSA) is 113 Å². The molecule has 1 N–H and O–H groups in total. The number of carbonyl (C=O) groups excluding carboxylic acids is 2. The SMILES string of the molecule is CC(C)(C)OC(=O)C(Oc1cccc2c1cc(S(=O)(=O)c1ccccc1)n2C(=O)OC(C)(C)C)C1CNC1. The summed E-state index contributed by atoms with van der Waals surface area (Å²) >= 11 is 0. The van der Waals surface area contributed by atoms with Crippen molar-refractivity contribution in [3.63, 3.8) is 0 Å². The largest absolute Gasteiger partial charge is 0.478 e. The molecule has 3 aromatic rings. The molecular weight excluding hydrogens is 508 g/mol. The molecule has 0 amide bonds. The van der Waals surface area contributed by atoms with Crippen LogP contribution in [-0.4, -0.2) is 55.4 Å². The highest BCUT2D eigenvalue weighted by Gasteiger charge is 2.38. The van der Waals surface area contributed by atoms with Crippen molar-refractivity contribution < 1.29 is 32.2 Å². The van der Waals surface area contributed by atoms with Crippen LogP contribution in [0.4, 0.5) is 4.79 Å². The second-order valence-corrected chi connectivity index (χ2v) is 13.2. The number of carbonyl (C=O) groups is 2. The molecule has 9 nitrogen and oxygen atoms in total. The van der Waals surface area contributed by atoms with Crippen molar-refractivity contribution in [1.82, 2.24) is 9.88 Å². The molecule has 1 unspecified atom stereocenters. The molecule has 0 saturated carbocycles. The summed E-state index contributed by atoms with van der Waals surface area (Å²) in [5, 5.41) is 3.23. The Kier molecular flexibility index (Phi) is 7.33. The summed E-state index contributed by atoms with van der Waals surface area (Å²) in [4.78, 5) is 26.4. The molecule has 0 spiro atoms. The van der Waals surface area contributed by atoms with Gasteiger partial charge < -0.3 is 19.5 Å². The molecule has 2 heterocycles. The molecule has 4 rings (SSSR count). The first-order chi connectivity index (χ1) is 17.7. The average Bonchev–Trinajstić information content (AvgIpc) is 3.17. The summed E-state index contributed by atoms with van der Waals surface area (Å²) in [6, 6.07) is 14.1. The van der Waals surface area contributed by atoms with Crippen molar-refractivity contribution in [2.45, 2.75) is 68.8 Å². The van der Waals surface area contributed by atoms with E-state index in [-0.39, 0.29) is 27.1 Å². The van der Waals surface area contributed by atoms with Gasteiger partial charge in [0, 0.05) is 24.4 Å². The first kappa shape index (κ1) is 27.7. The predicted molar refractivity (Wildman–Crippen MR) is 142 cm³/mol. The van der Waals surface area contributed by atoms with Gasteiger partial charge in [0.2, 0.25) is 15.9 Å². The zero-order chi connectivity index (χ0) is 27.9. The summed E-state index contributed by atoms with van der Waals surface area (Å²) in [6.45, 7) is 11.6. The number of benzene rings is 2. The van der Waals surface area contributed by atoms with Crippen molar-refractivity contribution in [1.29, 1.82) is 0 Å². The molecule has 204 valence electrons. The first-order valence-electron chi connectivity index (χ1n) is 12.5. The molecule has 0 aliphatic carbocycles. The maximum Gasteiger partial charge on any atom is 0.420 e. The van der Waals surface area contributed by atoms with Crippen LogP contribution in [0, 0.1) is 5.92 Å². The van der Waals surface area contributed by atoms with E-state index in [1.807, 2.05) is 0 Å².